The van der Waals surface area contributed by atoms with Gasteiger partial charge in [0.2, 0.25) is 0 Å². The van der Waals surface area contributed by atoms with Crippen molar-refractivity contribution in [2.24, 2.45) is 0 Å². The fourth-order valence-electron chi connectivity index (χ4n) is 1.68. The summed E-state index contributed by atoms with van der Waals surface area (Å²) >= 11 is 0. The number of allylic oxidation sites excluding steroid dienone is 5. The predicted octanol–water partition coefficient (Wildman–Crippen LogP) is 2.11. The number of ether oxygens (including phenoxy) is 1. The molecule has 1 aliphatic rings. The molecule has 0 aromatic rings. The van der Waals surface area contributed by atoms with E-state index in [9.17, 15) is 0 Å². The Kier molecular flexibility index (Phi) is 7.43. The summed E-state index contributed by atoms with van der Waals surface area (Å²) in [4.78, 5) is 2.17. The molecule has 96 valence electrons. The van der Waals surface area contributed by atoms with Gasteiger partial charge < -0.3 is 9.84 Å². The molecule has 0 unspecified atom stereocenters. The van der Waals surface area contributed by atoms with Crippen LogP contribution in [-0.4, -0.2) is 42.9 Å². The summed E-state index contributed by atoms with van der Waals surface area (Å²) in [5.74, 6) is 0.953. The van der Waals surface area contributed by atoms with E-state index in [0.717, 1.165) is 38.2 Å². The number of hydrogen-bond acceptors (Lipinski definition) is 3. The third kappa shape index (κ3) is 6.29. The number of nitrogens with zero attached hydrogens (tertiary/aromatic N) is 1. The summed E-state index contributed by atoms with van der Waals surface area (Å²) in [6, 6.07) is 0. The molecule has 0 radical (unpaired) electrons. The molecule has 0 fully saturated rings. The molecule has 0 saturated carbocycles. The lowest BCUT2D eigenvalue weighted by molar-refractivity contribution is 0.146. The van der Waals surface area contributed by atoms with Crippen LogP contribution in [-0.2, 0) is 4.74 Å². The van der Waals surface area contributed by atoms with Gasteiger partial charge in [0.05, 0.1) is 6.61 Å². The Bertz CT molecular complexity index is 282. The third-order valence-corrected chi connectivity index (χ3v) is 2.72. The Labute approximate surface area is 104 Å². The van der Waals surface area contributed by atoms with Gasteiger partial charge in [-0.1, -0.05) is 25.2 Å². The second-order valence-electron chi connectivity index (χ2n) is 3.96. The molecular formula is C14H23NO2. The molecule has 1 rings (SSSR count). The maximum atomic E-state index is 8.87. The lowest BCUT2D eigenvalue weighted by Gasteiger charge is -2.19. The Balaban J connectivity index is 2.27. The number of likely N-dealkylation sites (N-methyl/N-ethyl adjacent to an activating group) is 1. The van der Waals surface area contributed by atoms with Gasteiger partial charge in [-0.25, -0.2) is 0 Å². The number of aliphatic hydroxyl groups is 1. The standard InChI is InChI=1S/C14H23NO2/c1-2-15(10-12-16)11-13-17-14-8-6-4-3-5-7-9-14/h3-4,7-9,16H,2,5-6,10-13H2,1H3/b4-3-,9-7?,14-8+. The molecule has 0 aromatic heterocycles. The second-order valence-corrected chi connectivity index (χ2v) is 3.96. The zero-order valence-electron chi connectivity index (χ0n) is 10.6. The zero-order valence-corrected chi connectivity index (χ0v) is 10.6. The van der Waals surface area contributed by atoms with Gasteiger partial charge in [-0.05, 0) is 31.5 Å². The number of aliphatic hydroxyl groups excluding tert-OH is 1. The highest BCUT2D eigenvalue weighted by atomic mass is 16.5. The molecule has 17 heavy (non-hydrogen) atoms. The van der Waals surface area contributed by atoms with Crippen molar-refractivity contribution >= 4 is 0 Å². The van der Waals surface area contributed by atoms with Gasteiger partial charge in [0, 0.05) is 13.1 Å². The summed E-state index contributed by atoms with van der Waals surface area (Å²) in [5, 5.41) is 8.87. The summed E-state index contributed by atoms with van der Waals surface area (Å²) in [7, 11) is 0. The van der Waals surface area contributed by atoms with Gasteiger partial charge in [0.25, 0.3) is 0 Å². The van der Waals surface area contributed by atoms with E-state index in [-0.39, 0.29) is 6.61 Å². The van der Waals surface area contributed by atoms with Crippen molar-refractivity contribution in [2.45, 2.75) is 19.8 Å². The topological polar surface area (TPSA) is 32.7 Å². The van der Waals surface area contributed by atoms with Crippen molar-refractivity contribution < 1.29 is 9.84 Å². The molecule has 0 aromatic carbocycles. The van der Waals surface area contributed by atoms with E-state index in [0.29, 0.717) is 6.61 Å². The summed E-state index contributed by atoms with van der Waals surface area (Å²) in [6.07, 6.45) is 12.5. The van der Waals surface area contributed by atoms with Crippen molar-refractivity contribution in [2.75, 3.05) is 32.8 Å². The average Bonchev–Trinajstić information content (AvgIpc) is 2.30. The predicted molar refractivity (Wildman–Crippen MR) is 70.7 cm³/mol. The number of rotatable bonds is 7. The molecule has 3 nitrogen and oxygen atoms in total. The first-order valence-corrected chi connectivity index (χ1v) is 6.34. The fourth-order valence-corrected chi connectivity index (χ4v) is 1.68. The SMILES string of the molecule is CCN(CCO)CCO/C1=C/C/C=C\CC=C1. The van der Waals surface area contributed by atoms with Crippen LogP contribution >= 0.6 is 0 Å². The van der Waals surface area contributed by atoms with E-state index in [1.165, 1.54) is 0 Å². The summed E-state index contributed by atoms with van der Waals surface area (Å²) in [6.45, 7) is 5.50. The molecule has 0 atom stereocenters. The van der Waals surface area contributed by atoms with E-state index >= 15 is 0 Å². The quantitative estimate of drug-likeness (QED) is 0.688. The second kappa shape index (κ2) is 9.02. The highest BCUT2D eigenvalue weighted by Crippen LogP contribution is 2.07. The molecule has 0 spiro atoms. The van der Waals surface area contributed by atoms with Crippen molar-refractivity contribution in [3.8, 4) is 0 Å². The molecule has 0 amide bonds. The van der Waals surface area contributed by atoms with Crippen LogP contribution in [0, 0.1) is 0 Å². The van der Waals surface area contributed by atoms with Crippen molar-refractivity contribution in [3.05, 3.63) is 36.1 Å². The minimum Gasteiger partial charge on any atom is -0.493 e. The van der Waals surface area contributed by atoms with E-state index in [2.05, 4.69) is 36.1 Å². The van der Waals surface area contributed by atoms with E-state index in [1.807, 2.05) is 6.08 Å². The lowest BCUT2D eigenvalue weighted by atomic mass is 10.2. The molecule has 0 bridgehead atoms. The first kappa shape index (κ1) is 14.0. The first-order chi connectivity index (χ1) is 8.36. The molecular weight excluding hydrogens is 214 g/mol. The minimum absolute atomic E-state index is 0.210. The minimum atomic E-state index is 0.210. The Morgan fingerprint density at radius 1 is 1.24 bits per heavy atom. The van der Waals surface area contributed by atoms with E-state index in [4.69, 9.17) is 9.84 Å². The van der Waals surface area contributed by atoms with Crippen molar-refractivity contribution in [1.29, 1.82) is 0 Å². The monoisotopic (exact) mass is 237 g/mol. The molecule has 0 saturated heterocycles. The maximum Gasteiger partial charge on any atom is 0.115 e. The van der Waals surface area contributed by atoms with Gasteiger partial charge in [-0.3, -0.25) is 4.90 Å². The first-order valence-electron chi connectivity index (χ1n) is 6.34. The van der Waals surface area contributed by atoms with E-state index in [1.54, 1.807) is 0 Å². The van der Waals surface area contributed by atoms with Gasteiger partial charge in [-0.15, -0.1) is 0 Å². The van der Waals surface area contributed by atoms with Gasteiger partial charge in [0.1, 0.15) is 12.4 Å². The average molecular weight is 237 g/mol. The van der Waals surface area contributed by atoms with E-state index < -0.39 is 0 Å². The highest BCUT2D eigenvalue weighted by molar-refractivity contribution is 5.16. The summed E-state index contributed by atoms with van der Waals surface area (Å²) in [5.41, 5.74) is 0. The molecule has 3 heteroatoms. The Morgan fingerprint density at radius 2 is 2.06 bits per heavy atom. The largest absolute Gasteiger partial charge is 0.493 e. The fraction of sp³-hybridized carbons (Fsp3) is 0.571. The Morgan fingerprint density at radius 3 is 2.82 bits per heavy atom. The zero-order chi connectivity index (χ0) is 12.3. The van der Waals surface area contributed by atoms with Crippen LogP contribution < -0.4 is 0 Å². The Hall–Kier alpha value is -1.06. The van der Waals surface area contributed by atoms with Gasteiger partial charge in [0.15, 0.2) is 0 Å². The number of hydrogen-bond donors (Lipinski definition) is 1. The van der Waals surface area contributed by atoms with Crippen LogP contribution in [0.3, 0.4) is 0 Å². The van der Waals surface area contributed by atoms with Crippen molar-refractivity contribution in [1.82, 2.24) is 4.90 Å². The maximum absolute atomic E-state index is 8.87. The molecule has 1 aliphatic carbocycles. The van der Waals surface area contributed by atoms with Crippen LogP contribution in [0.1, 0.15) is 19.8 Å². The molecule has 1 N–H and O–H groups in total. The van der Waals surface area contributed by atoms with Crippen molar-refractivity contribution in [3.63, 3.8) is 0 Å². The van der Waals surface area contributed by atoms with Gasteiger partial charge >= 0.3 is 0 Å². The normalized spacial score (nSPS) is 20.5. The van der Waals surface area contributed by atoms with Crippen LogP contribution in [0.25, 0.3) is 0 Å². The molecule has 0 heterocycles. The van der Waals surface area contributed by atoms with Crippen LogP contribution in [0.4, 0.5) is 0 Å². The third-order valence-electron chi connectivity index (χ3n) is 2.72. The smallest absolute Gasteiger partial charge is 0.115 e. The van der Waals surface area contributed by atoms with Gasteiger partial charge in [-0.2, -0.15) is 0 Å². The molecule has 0 aliphatic heterocycles. The van der Waals surface area contributed by atoms with Crippen LogP contribution in [0.15, 0.2) is 36.1 Å². The highest BCUT2D eigenvalue weighted by Gasteiger charge is 2.01. The van der Waals surface area contributed by atoms with Crippen LogP contribution in [0.2, 0.25) is 0 Å². The summed E-state index contributed by atoms with van der Waals surface area (Å²) < 4.78 is 5.71. The van der Waals surface area contributed by atoms with Crippen LogP contribution in [0.5, 0.6) is 0 Å². The lowest BCUT2D eigenvalue weighted by Crippen LogP contribution is -2.30.